The summed E-state index contributed by atoms with van der Waals surface area (Å²) in [5.41, 5.74) is 6.25. The van der Waals surface area contributed by atoms with Crippen LogP contribution in [0, 0.1) is 12.7 Å². The van der Waals surface area contributed by atoms with Gasteiger partial charge in [-0.15, -0.1) is 10.2 Å². The summed E-state index contributed by atoms with van der Waals surface area (Å²) in [6.07, 6.45) is 2.39. The molecule has 7 rings (SSSR count). The Hall–Kier alpha value is -4.65. The van der Waals surface area contributed by atoms with Crippen LogP contribution in [-0.4, -0.2) is 76.9 Å². The van der Waals surface area contributed by atoms with Gasteiger partial charge in [0.1, 0.15) is 17.2 Å². The monoisotopic (exact) mass is 721 g/mol. The first kappa shape index (κ1) is 35.7. The summed E-state index contributed by atoms with van der Waals surface area (Å²) in [6.45, 7) is 9.85. The summed E-state index contributed by atoms with van der Waals surface area (Å²) in [5, 5.41) is 19.9. The molecule has 0 saturated carbocycles. The Morgan fingerprint density at radius 1 is 0.808 bits per heavy atom. The lowest BCUT2D eigenvalue weighted by Crippen LogP contribution is -2.57. The number of aromatic nitrogens is 5. The van der Waals surface area contributed by atoms with E-state index in [4.69, 9.17) is 10.2 Å². The minimum atomic E-state index is -0.929. The Morgan fingerprint density at radius 3 is 2.08 bits per heavy atom. The fraction of sp³-hybridized carbons (Fsp3) is 0.375. The van der Waals surface area contributed by atoms with Crippen molar-refractivity contribution in [1.29, 1.82) is 0 Å². The number of halogens is 1. The smallest absolute Gasteiger partial charge is 0.323 e. The number of rotatable bonds is 12. The number of fused-ring (bicyclic) bond motifs is 1. The van der Waals surface area contributed by atoms with Crippen LogP contribution >= 0.6 is 11.8 Å². The molecule has 0 bridgehead atoms. The number of carboxylic acid groups (broad SMARTS) is 1. The van der Waals surface area contributed by atoms with Gasteiger partial charge in [-0.25, -0.2) is 4.39 Å². The zero-order chi connectivity index (χ0) is 36.4. The molecule has 3 heterocycles. The number of nitrogens with zero attached hydrogens (tertiary/aromatic N) is 7. The third-order valence-corrected chi connectivity index (χ3v) is 11.5. The molecule has 1 fully saturated rings. The molecule has 2 aliphatic rings. The summed E-state index contributed by atoms with van der Waals surface area (Å²) in [5.74, 6) is 1.03. The molecule has 1 N–H and O–H groups in total. The maximum atomic E-state index is 13.6. The van der Waals surface area contributed by atoms with Gasteiger partial charge in [-0.3, -0.25) is 19.4 Å². The second-order valence-corrected chi connectivity index (χ2v) is 15.2. The maximum Gasteiger partial charge on any atom is 0.323 e. The van der Waals surface area contributed by atoms with E-state index < -0.39 is 11.5 Å². The molecule has 1 aliphatic carbocycles. The first-order chi connectivity index (χ1) is 25.0. The van der Waals surface area contributed by atoms with E-state index >= 15 is 0 Å². The first-order valence-electron chi connectivity index (χ1n) is 17.8. The molecule has 12 heteroatoms. The van der Waals surface area contributed by atoms with Gasteiger partial charge in [-0.05, 0) is 74.4 Å². The van der Waals surface area contributed by atoms with Crippen LogP contribution in [0.15, 0.2) is 82.7 Å². The largest absolute Gasteiger partial charge is 0.480 e. The summed E-state index contributed by atoms with van der Waals surface area (Å²) in [7, 11) is 0. The van der Waals surface area contributed by atoms with Crippen LogP contribution in [0.5, 0.6) is 0 Å². The number of piperazine rings is 1. The topological polar surface area (TPSA) is 109 Å². The molecule has 0 radical (unpaired) electrons. The van der Waals surface area contributed by atoms with Crippen molar-refractivity contribution in [2.24, 2.45) is 0 Å². The van der Waals surface area contributed by atoms with Crippen molar-refractivity contribution in [3.05, 3.63) is 129 Å². The van der Waals surface area contributed by atoms with E-state index in [1.54, 1.807) is 26.0 Å². The van der Waals surface area contributed by atoms with Gasteiger partial charge >= 0.3 is 5.97 Å². The van der Waals surface area contributed by atoms with Gasteiger partial charge in [0.2, 0.25) is 0 Å². The molecule has 0 amide bonds. The van der Waals surface area contributed by atoms with Gasteiger partial charge in [0.25, 0.3) is 5.56 Å². The van der Waals surface area contributed by atoms with Crippen molar-refractivity contribution < 1.29 is 14.3 Å². The molecule has 1 aliphatic heterocycles. The molecule has 5 aromatic rings. The van der Waals surface area contributed by atoms with Gasteiger partial charge in [-0.1, -0.05) is 78.0 Å². The van der Waals surface area contributed by atoms with Gasteiger partial charge in [-0.2, -0.15) is 4.98 Å². The third-order valence-electron chi connectivity index (χ3n) is 10.4. The van der Waals surface area contributed by atoms with E-state index in [1.807, 2.05) is 4.90 Å². The summed E-state index contributed by atoms with van der Waals surface area (Å²) in [4.78, 5) is 33.9. The molecular formula is C40H44FN7O3S. The number of carbonyl (C=O) groups is 1. The van der Waals surface area contributed by atoms with E-state index in [9.17, 15) is 19.1 Å². The number of aryl methyl sites for hydroxylation is 1. The van der Waals surface area contributed by atoms with Crippen LogP contribution in [0.4, 0.5) is 4.39 Å². The van der Waals surface area contributed by atoms with E-state index in [2.05, 4.69) is 74.5 Å². The predicted molar refractivity (Wildman–Crippen MR) is 200 cm³/mol. The molecule has 0 atom stereocenters. The lowest BCUT2D eigenvalue weighted by Gasteiger charge is -2.41. The molecule has 1 saturated heterocycles. The molecular weight excluding hydrogens is 678 g/mol. The quantitative estimate of drug-likeness (QED) is 0.126. The molecule has 3 aromatic carbocycles. The second kappa shape index (κ2) is 15.1. The number of thioether (sulfide) groups is 1. The van der Waals surface area contributed by atoms with Crippen LogP contribution in [0.3, 0.4) is 0 Å². The Bertz CT molecular complexity index is 2100. The molecule has 270 valence electrons. The van der Waals surface area contributed by atoms with Gasteiger partial charge < -0.3 is 14.2 Å². The van der Waals surface area contributed by atoms with Crippen LogP contribution in [0.25, 0.3) is 11.1 Å². The zero-order valence-electron chi connectivity index (χ0n) is 29.9. The number of carboxylic acids is 1. The zero-order valence-corrected chi connectivity index (χ0v) is 30.7. The van der Waals surface area contributed by atoms with Crippen molar-refractivity contribution in [1.82, 2.24) is 34.1 Å². The SMILES string of the molecule is Cc1ccc(-c2ccc(Cn3c(CN4CCN(C(C)(C)C(=O)O)CC4)nnc3Cn3c(SCc4ccc(F)cc4)nc(=O)c4c3CCC4)cc2)cc1. The summed E-state index contributed by atoms with van der Waals surface area (Å²) < 4.78 is 17.9. The van der Waals surface area contributed by atoms with Gasteiger partial charge in [0.15, 0.2) is 11.0 Å². The van der Waals surface area contributed by atoms with Crippen molar-refractivity contribution in [2.75, 3.05) is 26.2 Å². The normalized spacial score (nSPS) is 15.2. The number of hydrogen-bond acceptors (Lipinski definition) is 8. The minimum Gasteiger partial charge on any atom is -0.480 e. The first-order valence-corrected chi connectivity index (χ1v) is 18.8. The highest BCUT2D eigenvalue weighted by molar-refractivity contribution is 7.98. The molecule has 2 aromatic heterocycles. The lowest BCUT2D eigenvalue weighted by molar-refractivity contribution is -0.150. The third kappa shape index (κ3) is 7.74. The maximum absolute atomic E-state index is 13.6. The number of benzene rings is 3. The van der Waals surface area contributed by atoms with Crippen LogP contribution in [0.1, 0.15) is 59.9 Å². The average molecular weight is 722 g/mol. The Labute approximate surface area is 307 Å². The number of aliphatic carboxylic acids is 1. The fourth-order valence-corrected chi connectivity index (χ4v) is 8.02. The highest BCUT2D eigenvalue weighted by Gasteiger charge is 2.36. The van der Waals surface area contributed by atoms with Crippen molar-refractivity contribution in [3.63, 3.8) is 0 Å². The Balaban J connectivity index is 1.19. The van der Waals surface area contributed by atoms with E-state index in [1.165, 1.54) is 35.0 Å². The van der Waals surface area contributed by atoms with Crippen LogP contribution in [-0.2, 0) is 43.0 Å². The van der Waals surface area contributed by atoms with E-state index in [-0.39, 0.29) is 11.4 Å². The average Bonchev–Trinajstić information content (AvgIpc) is 3.78. The fourth-order valence-electron chi connectivity index (χ4n) is 7.05. The molecule has 10 nitrogen and oxygen atoms in total. The highest BCUT2D eigenvalue weighted by atomic mass is 32.2. The summed E-state index contributed by atoms with van der Waals surface area (Å²) in [6, 6.07) is 23.5. The highest BCUT2D eigenvalue weighted by Crippen LogP contribution is 2.28. The summed E-state index contributed by atoms with van der Waals surface area (Å²) >= 11 is 1.47. The molecule has 52 heavy (non-hydrogen) atoms. The van der Waals surface area contributed by atoms with Crippen LogP contribution < -0.4 is 5.56 Å². The van der Waals surface area contributed by atoms with Gasteiger partial charge in [0.05, 0.1) is 19.6 Å². The molecule has 0 spiro atoms. The lowest BCUT2D eigenvalue weighted by atomic mass is 10.0. The van der Waals surface area contributed by atoms with Crippen LogP contribution in [0.2, 0.25) is 0 Å². The standard InChI is InChI=1S/C40H44FN7O3S/c1-27-7-13-30(14-8-27)31-15-9-28(10-16-31)23-48-35(24-45-19-21-46(22-20-45)40(2,3)38(50)51)43-44-36(48)25-47-34-6-4-5-33(34)37(49)42-39(47)52-26-29-11-17-32(41)18-12-29/h7-18H,4-6,19-26H2,1-3H3,(H,50,51). The Morgan fingerprint density at radius 2 is 1.42 bits per heavy atom. The second-order valence-electron chi connectivity index (χ2n) is 14.3. The van der Waals surface area contributed by atoms with Crippen molar-refractivity contribution >= 4 is 17.7 Å². The molecule has 0 unspecified atom stereocenters. The Kier molecular flexibility index (Phi) is 10.4. The van der Waals surface area contributed by atoms with Crippen molar-refractivity contribution in [2.45, 2.75) is 76.1 Å². The number of hydrogen-bond donors (Lipinski definition) is 1. The predicted octanol–water partition coefficient (Wildman–Crippen LogP) is 5.81. The minimum absolute atomic E-state index is 0.175. The van der Waals surface area contributed by atoms with Crippen molar-refractivity contribution in [3.8, 4) is 11.1 Å². The van der Waals surface area contributed by atoms with E-state index in [0.29, 0.717) is 63.1 Å². The van der Waals surface area contributed by atoms with E-state index in [0.717, 1.165) is 52.4 Å². The van der Waals surface area contributed by atoms with Gasteiger partial charge in [0, 0.05) is 43.2 Å².